The second-order valence-corrected chi connectivity index (χ2v) is 48.7. The molecule has 1 atom stereocenters. The zero-order valence-electron chi connectivity index (χ0n) is 48.4. The van der Waals surface area contributed by atoms with E-state index in [0.717, 1.165) is 5.92 Å². The molecular weight excluding hydrogens is 961 g/mol. The molecule has 0 saturated carbocycles. The molecule has 0 fully saturated rings. The number of unbranched alkanes of at least 4 members (excludes halogenated alkanes) is 15. The van der Waals surface area contributed by atoms with Gasteiger partial charge in [0.15, 0.2) is 33.3 Å². The van der Waals surface area contributed by atoms with Crippen LogP contribution in [0.25, 0.3) is 0 Å². The van der Waals surface area contributed by atoms with Crippen LogP contribution in [0.4, 0.5) is 0 Å². The van der Waals surface area contributed by atoms with E-state index in [-0.39, 0.29) is 19.0 Å². The zero-order valence-corrected chi connectivity index (χ0v) is 56.9. The summed E-state index contributed by atoms with van der Waals surface area (Å²) in [5.74, 6) is 0.891. The van der Waals surface area contributed by atoms with E-state index in [2.05, 4.69) is 134 Å². The number of hydrogen-bond acceptors (Lipinski definition) is 4. The Morgan fingerprint density at radius 3 is 1.18 bits per heavy atom. The molecule has 0 saturated heterocycles. The van der Waals surface area contributed by atoms with Crippen molar-refractivity contribution in [3.05, 3.63) is 43.8 Å². The topological polar surface area (TPSA) is 18.5 Å². The number of aryl methyl sites for hydroxylation is 3. The van der Waals surface area contributed by atoms with E-state index in [1.807, 2.05) is 0 Å². The fourth-order valence-electron chi connectivity index (χ4n) is 10.4. The first kappa shape index (κ1) is 66.6. The van der Waals surface area contributed by atoms with E-state index in [0.29, 0.717) is 0 Å². The Balaban J connectivity index is 0.000000685. The number of rotatable bonds is 45. The van der Waals surface area contributed by atoms with Crippen LogP contribution in [0.3, 0.4) is 0 Å². The minimum Gasteiger partial charge on any atom is -0.455 e. The van der Waals surface area contributed by atoms with E-state index < -0.39 is 33.3 Å². The average molecular weight is 1080 g/mol. The van der Waals surface area contributed by atoms with Crippen molar-refractivity contribution in [2.24, 2.45) is 5.92 Å². The van der Waals surface area contributed by atoms with Crippen LogP contribution < -0.4 is 0 Å². The molecule has 0 aromatic carbocycles. The highest BCUT2D eigenvalue weighted by molar-refractivity contribution is 7.12. The molecular formula is C58H120O2S2Si6. The Labute approximate surface area is 444 Å². The third-order valence-electron chi connectivity index (χ3n) is 14.5. The SMILES string of the molecule is CCCCC(CC)Cc1ccc(CCCCCC[Si](C)(C)O[Si](C)(C)CCC[SiH2]CC)s1.CCCCCCc1ccc(CCCCCCCCCCC[Si](C)(C)O[Si](C)(C)CCC[SiH2]CCC)s1. The molecule has 0 radical (unpaired) electrons. The van der Waals surface area contributed by atoms with Crippen molar-refractivity contribution in [2.45, 2.75) is 315 Å². The van der Waals surface area contributed by atoms with Gasteiger partial charge in [0.25, 0.3) is 0 Å². The van der Waals surface area contributed by atoms with Gasteiger partial charge in [0.2, 0.25) is 0 Å². The largest absolute Gasteiger partial charge is 0.455 e. The molecule has 10 heteroatoms. The van der Waals surface area contributed by atoms with Crippen molar-refractivity contribution in [2.75, 3.05) is 0 Å². The summed E-state index contributed by atoms with van der Waals surface area (Å²) in [5.41, 5.74) is 0. The molecule has 400 valence electrons. The molecule has 0 bridgehead atoms. The summed E-state index contributed by atoms with van der Waals surface area (Å²) < 4.78 is 13.7. The highest BCUT2D eigenvalue weighted by atomic mass is 32.1. The summed E-state index contributed by atoms with van der Waals surface area (Å²) in [6, 6.07) is 21.2. The van der Waals surface area contributed by atoms with Crippen molar-refractivity contribution in [3.63, 3.8) is 0 Å². The minimum atomic E-state index is -1.48. The van der Waals surface area contributed by atoms with Crippen LogP contribution >= 0.6 is 22.7 Å². The van der Waals surface area contributed by atoms with E-state index in [9.17, 15) is 0 Å². The van der Waals surface area contributed by atoms with Gasteiger partial charge < -0.3 is 8.23 Å². The minimum absolute atomic E-state index is 0.234. The molecule has 68 heavy (non-hydrogen) atoms. The standard InChI is InChI=1S/C31H64OSSi3.C27H56OSSi3/c1-7-9-10-18-22-30-24-25-31(33-30)23-19-16-14-12-11-13-15-17-20-28-35(3,4)32-36(5,6)29-21-27-34-26-8-2;1-8-11-17-25(9-2)24-27-20-19-26(29-27)18-14-12-13-15-22-31(4,5)28-32(6,7)23-16-21-30-10-3/h24-25H,7-23,26-29,34H2,1-6H3;19-20,25H,8-18,21-24,30H2,1-7H3. The summed E-state index contributed by atoms with van der Waals surface area (Å²) in [4.78, 5) is 6.47. The van der Waals surface area contributed by atoms with Gasteiger partial charge in [-0.05, 0) is 152 Å². The van der Waals surface area contributed by atoms with Gasteiger partial charge >= 0.3 is 0 Å². The quantitative estimate of drug-likeness (QED) is 0.0486. The van der Waals surface area contributed by atoms with Crippen LogP contribution in [0.5, 0.6) is 0 Å². The highest BCUT2D eigenvalue weighted by Crippen LogP contribution is 2.29. The molecule has 0 amide bonds. The third-order valence-corrected chi connectivity index (χ3v) is 35.9. The summed E-state index contributed by atoms with van der Waals surface area (Å²) >= 11 is 4.17. The van der Waals surface area contributed by atoms with Gasteiger partial charge in [-0.3, -0.25) is 0 Å². The molecule has 0 aliphatic heterocycles. The predicted molar refractivity (Wildman–Crippen MR) is 334 cm³/mol. The van der Waals surface area contributed by atoms with Crippen LogP contribution in [0.15, 0.2) is 24.3 Å². The first-order chi connectivity index (χ1) is 32.5. The third kappa shape index (κ3) is 38.2. The summed E-state index contributed by atoms with van der Waals surface area (Å²) in [6.07, 6.45) is 38.8. The van der Waals surface area contributed by atoms with Crippen molar-refractivity contribution >= 4 is 75.0 Å². The van der Waals surface area contributed by atoms with Gasteiger partial charge in [0, 0.05) is 38.5 Å². The molecule has 0 N–H and O–H groups in total. The van der Waals surface area contributed by atoms with Crippen molar-refractivity contribution in [1.29, 1.82) is 0 Å². The lowest BCUT2D eigenvalue weighted by Crippen LogP contribution is -2.44. The lowest BCUT2D eigenvalue weighted by molar-refractivity contribution is 0.452. The fraction of sp³-hybridized carbons (Fsp3) is 0.862. The number of hydrogen-bond donors (Lipinski definition) is 0. The van der Waals surface area contributed by atoms with Crippen LogP contribution in [-0.4, -0.2) is 52.3 Å². The summed E-state index contributed by atoms with van der Waals surface area (Å²) in [7, 11) is -5.36. The Morgan fingerprint density at radius 1 is 0.397 bits per heavy atom. The lowest BCUT2D eigenvalue weighted by atomic mass is 9.95. The Morgan fingerprint density at radius 2 is 0.765 bits per heavy atom. The fourth-order valence-corrected chi connectivity index (χ4v) is 34.3. The van der Waals surface area contributed by atoms with E-state index >= 15 is 0 Å². The second kappa shape index (κ2) is 40.9. The van der Waals surface area contributed by atoms with Crippen molar-refractivity contribution < 1.29 is 8.23 Å². The van der Waals surface area contributed by atoms with E-state index in [1.165, 1.54) is 216 Å². The molecule has 1 unspecified atom stereocenters. The normalized spacial score (nSPS) is 13.4. The molecule has 0 aliphatic rings. The van der Waals surface area contributed by atoms with E-state index in [4.69, 9.17) is 8.23 Å². The Hall–Kier alpha value is 0.621. The van der Waals surface area contributed by atoms with E-state index in [1.54, 1.807) is 31.6 Å². The molecule has 2 aromatic rings. The van der Waals surface area contributed by atoms with Crippen LogP contribution in [0.1, 0.15) is 208 Å². The van der Waals surface area contributed by atoms with Crippen molar-refractivity contribution in [1.82, 2.24) is 0 Å². The van der Waals surface area contributed by atoms with Gasteiger partial charge in [-0.25, -0.2) is 0 Å². The monoisotopic (exact) mass is 1080 g/mol. The summed E-state index contributed by atoms with van der Waals surface area (Å²) in [6.45, 7) is 31.5. The Kier molecular flexibility index (Phi) is 40.1. The smallest absolute Gasteiger partial charge is 0.173 e. The predicted octanol–water partition coefficient (Wildman–Crippen LogP) is 20.6. The maximum atomic E-state index is 6.87. The van der Waals surface area contributed by atoms with Gasteiger partial charge in [0.05, 0.1) is 0 Å². The summed E-state index contributed by atoms with van der Waals surface area (Å²) in [5, 5.41) is 0. The maximum absolute atomic E-state index is 6.87. The molecule has 0 spiro atoms. The molecule has 2 aromatic heterocycles. The molecule has 2 nitrogen and oxygen atoms in total. The first-order valence-corrected chi connectivity index (χ1v) is 48.1. The van der Waals surface area contributed by atoms with Gasteiger partial charge in [0.1, 0.15) is 0 Å². The average Bonchev–Trinajstić information content (AvgIpc) is 3.94. The Bertz CT molecular complexity index is 1420. The maximum Gasteiger partial charge on any atom is 0.173 e. The van der Waals surface area contributed by atoms with Gasteiger partial charge in [-0.15, -0.1) is 22.7 Å². The van der Waals surface area contributed by atoms with Crippen LogP contribution in [-0.2, 0) is 33.9 Å². The number of thiophene rings is 2. The zero-order chi connectivity index (χ0) is 50.4. The lowest BCUT2D eigenvalue weighted by Gasteiger charge is -2.34. The molecule has 2 heterocycles. The molecule has 0 aliphatic carbocycles. The second-order valence-electron chi connectivity index (χ2n) is 24.0. The molecule has 2 rings (SSSR count). The van der Waals surface area contributed by atoms with Gasteiger partial charge in [-0.2, -0.15) is 0 Å². The van der Waals surface area contributed by atoms with Crippen LogP contribution in [0.2, 0.25) is 101 Å². The highest BCUT2D eigenvalue weighted by Gasteiger charge is 2.33. The first-order valence-electron chi connectivity index (χ1n) is 30.0. The van der Waals surface area contributed by atoms with Gasteiger partial charge in [-0.1, -0.05) is 194 Å². The van der Waals surface area contributed by atoms with Crippen molar-refractivity contribution in [3.8, 4) is 0 Å². The van der Waals surface area contributed by atoms with Crippen LogP contribution in [0, 0.1) is 5.92 Å².